The third-order valence-corrected chi connectivity index (χ3v) is 5.42. The van der Waals surface area contributed by atoms with E-state index in [9.17, 15) is 0 Å². The summed E-state index contributed by atoms with van der Waals surface area (Å²) < 4.78 is 0. The molecule has 1 aliphatic carbocycles. The molecule has 2 rings (SSSR count). The molecule has 0 spiro atoms. The van der Waals surface area contributed by atoms with Gasteiger partial charge in [-0.25, -0.2) is 0 Å². The monoisotopic (exact) mass is 281 g/mol. The van der Waals surface area contributed by atoms with Gasteiger partial charge in [0.25, 0.3) is 0 Å². The van der Waals surface area contributed by atoms with Crippen LogP contribution in [0, 0.1) is 12.3 Å². The maximum Gasteiger partial charge on any atom is 0.0444 e. The molecule has 1 heterocycles. The number of halogens is 1. The van der Waals surface area contributed by atoms with Crippen molar-refractivity contribution in [1.29, 1.82) is 0 Å². The normalized spacial score (nSPS) is 20.9. The van der Waals surface area contributed by atoms with Crippen LogP contribution in [-0.4, -0.2) is 9.81 Å². The van der Waals surface area contributed by atoms with Crippen molar-refractivity contribution in [2.24, 2.45) is 5.41 Å². The number of aromatic nitrogens is 1. The van der Waals surface area contributed by atoms with Crippen LogP contribution < -0.4 is 0 Å². The van der Waals surface area contributed by atoms with Crippen molar-refractivity contribution in [3.63, 3.8) is 0 Å². The number of hydrogen-bond acceptors (Lipinski definition) is 1. The summed E-state index contributed by atoms with van der Waals surface area (Å²) in [6, 6.07) is 4.17. The first kappa shape index (κ1) is 12.1. The van der Waals surface area contributed by atoms with E-state index in [4.69, 9.17) is 0 Å². The lowest BCUT2D eigenvalue weighted by molar-refractivity contribution is 0.324. The quantitative estimate of drug-likeness (QED) is 0.754. The molecule has 88 valence electrons. The lowest BCUT2D eigenvalue weighted by Crippen LogP contribution is -2.26. The molecule has 0 radical (unpaired) electrons. The van der Waals surface area contributed by atoms with Crippen LogP contribution >= 0.6 is 15.9 Å². The van der Waals surface area contributed by atoms with Crippen LogP contribution in [0.3, 0.4) is 0 Å². The lowest BCUT2D eigenvalue weighted by atomic mass is 9.83. The zero-order valence-corrected chi connectivity index (χ0v) is 11.8. The van der Waals surface area contributed by atoms with Crippen molar-refractivity contribution in [3.05, 3.63) is 29.6 Å². The molecule has 0 aromatic carbocycles. The lowest BCUT2D eigenvalue weighted by Gasteiger charge is -2.29. The molecule has 1 aromatic rings. The minimum Gasteiger partial charge on any atom is -0.261 e. The predicted octanol–water partition coefficient (Wildman–Crippen LogP) is 4.28. The zero-order chi connectivity index (χ0) is 11.6. The Morgan fingerprint density at radius 3 is 2.75 bits per heavy atom. The maximum atomic E-state index is 4.49. The summed E-state index contributed by atoms with van der Waals surface area (Å²) in [6.45, 7) is 4.57. The Kier molecular flexibility index (Phi) is 3.68. The van der Waals surface area contributed by atoms with E-state index in [0.29, 0.717) is 10.2 Å². The van der Waals surface area contributed by atoms with Crippen LogP contribution in [0.4, 0.5) is 0 Å². The molecular weight excluding hydrogens is 262 g/mol. The van der Waals surface area contributed by atoms with Gasteiger partial charge in [0.2, 0.25) is 0 Å². The highest BCUT2D eigenvalue weighted by Gasteiger charge is 2.35. The minimum absolute atomic E-state index is 0.476. The van der Waals surface area contributed by atoms with E-state index in [1.165, 1.54) is 36.9 Å². The molecule has 1 atom stereocenters. The van der Waals surface area contributed by atoms with E-state index in [2.05, 4.69) is 40.8 Å². The first-order chi connectivity index (χ1) is 7.62. The molecule has 0 bridgehead atoms. The van der Waals surface area contributed by atoms with Crippen LogP contribution in [-0.2, 0) is 6.42 Å². The number of aryl methyl sites for hydroxylation is 1. The fourth-order valence-electron chi connectivity index (χ4n) is 2.64. The SMILES string of the molecule is Cc1cccnc1CC(Br)C1(C)CCCC1. The third-order valence-electron chi connectivity index (χ3n) is 3.99. The minimum atomic E-state index is 0.476. The predicted molar refractivity (Wildman–Crippen MR) is 72.0 cm³/mol. The molecule has 1 fully saturated rings. The van der Waals surface area contributed by atoms with Gasteiger partial charge in [0.05, 0.1) is 0 Å². The van der Waals surface area contributed by atoms with E-state index in [1.54, 1.807) is 0 Å². The molecule has 0 saturated heterocycles. The third kappa shape index (κ3) is 2.48. The highest BCUT2D eigenvalue weighted by Crippen LogP contribution is 2.44. The standard InChI is InChI=1S/C14H20BrN/c1-11-6-5-9-16-12(11)10-13(15)14(2)7-3-4-8-14/h5-6,9,13H,3-4,7-8,10H2,1-2H3. The number of alkyl halides is 1. The maximum absolute atomic E-state index is 4.49. The van der Waals surface area contributed by atoms with Crippen LogP contribution in [0.25, 0.3) is 0 Å². The molecule has 0 aliphatic heterocycles. The van der Waals surface area contributed by atoms with E-state index in [1.807, 2.05) is 12.3 Å². The summed E-state index contributed by atoms with van der Waals surface area (Å²) in [5.41, 5.74) is 3.04. The first-order valence-electron chi connectivity index (χ1n) is 6.16. The van der Waals surface area contributed by atoms with Crippen LogP contribution in [0.1, 0.15) is 43.9 Å². The van der Waals surface area contributed by atoms with Crippen LogP contribution in [0.2, 0.25) is 0 Å². The Labute approximate surface area is 107 Å². The highest BCUT2D eigenvalue weighted by atomic mass is 79.9. The summed E-state index contributed by atoms with van der Waals surface area (Å²) in [5.74, 6) is 0. The van der Waals surface area contributed by atoms with Crippen molar-refractivity contribution in [2.45, 2.75) is 50.8 Å². The van der Waals surface area contributed by atoms with Crippen molar-refractivity contribution in [2.75, 3.05) is 0 Å². The Hall–Kier alpha value is -0.370. The molecule has 0 amide bonds. The van der Waals surface area contributed by atoms with Gasteiger partial charge in [-0.3, -0.25) is 4.98 Å². The Morgan fingerprint density at radius 2 is 2.12 bits per heavy atom. The topological polar surface area (TPSA) is 12.9 Å². The van der Waals surface area contributed by atoms with Crippen molar-refractivity contribution < 1.29 is 0 Å². The van der Waals surface area contributed by atoms with Gasteiger partial charge < -0.3 is 0 Å². The Morgan fingerprint density at radius 1 is 1.44 bits per heavy atom. The second-order valence-corrected chi connectivity index (χ2v) is 6.41. The van der Waals surface area contributed by atoms with E-state index in [-0.39, 0.29) is 0 Å². The second kappa shape index (κ2) is 4.87. The van der Waals surface area contributed by atoms with Gasteiger partial charge in [0.1, 0.15) is 0 Å². The molecule has 1 aromatic heterocycles. The highest BCUT2D eigenvalue weighted by molar-refractivity contribution is 9.09. The molecule has 1 aliphatic rings. The molecule has 16 heavy (non-hydrogen) atoms. The smallest absolute Gasteiger partial charge is 0.0444 e. The van der Waals surface area contributed by atoms with Crippen LogP contribution in [0.5, 0.6) is 0 Å². The molecule has 0 N–H and O–H groups in total. The fraction of sp³-hybridized carbons (Fsp3) is 0.643. The van der Waals surface area contributed by atoms with Crippen LogP contribution in [0.15, 0.2) is 18.3 Å². The average Bonchev–Trinajstić information content (AvgIpc) is 2.70. The van der Waals surface area contributed by atoms with Crippen molar-refractivity contribution >= 4 is 15.9 Å². The van der Waals surface area contributed by atoms with Gasteiger partial charge in [0, 0.05) is 23.1 Å². The second-order valence-electron chi connectivity index (χ2n) is 5.30. The van der Waals surface area contributed by atoms with Gasteiger partial charge in [-0.1, -0.05) is 41.8 Å². The average molecular weight is 282 g/mol. The molecular formula is C14H20BrN. The van der Waals surface area contributed by atoms with Gasteiger partial charge in [-0.05, 0) is 36.8 Å². The molecule has 1 nitrogen and oxygen atoms in total. The van der Waals surface area contributed by atoms with Crippen molar-refractivity contribution in [3.8, 4) is 0 Å². The summed E-state index contributed by atoms with van der Waals surface area (Å²) in [7, 11) is 0. The van der Waals surface area contributed by atoms with Gasteiger partial charge >= 0.3 is 0 Å². The summed E-state index contributed by atoms with van der Waals surface area (Å²) in [5, 5.41) is 0. The summed E-state index contributed by atoms with van der Waals surface area (Å²) in [4.78, 5) is 5.06. The van der Waals surface area contributed by atoms with Gasteiger partial charge in [-0.2, -0.15) is 0 Å². The number of hydrogen-bond donors (Lipinski definition) is 0. The number of pyridine rings is 1. The van der Waals surface area contributed by atoms with E-state index >= 15 is 0 Å². The number of nitrogens with zero attached hydrogens (tertiary/aromatic N) is 1. The van der Waals surface area contributed by atoms with E-state index < -0.39 is 0 Å². The number of rotatable bonds is 3. The van der Waals surface area contributed by atoms with Gasteiger partial charge in [0.15, 0.2) is 0 Å². The summed E-state index contributed by atoms with van der Waals surface area (Å²) >= 11 is 3.89. The molecule has 1 unspecified atom stereocenters. The Balaban J connectivity index is 2.07. The first-order valence-corrected chi connectivity index (χ1v) is 7.08. The largest absolute Gasteiger partial charge is 0.261 e. The fourth-order valence-corrected chi connectivity index (χ4v) is 3.41. The summed E-state index contributed by atoms with van der Waals surface area (Å²) in [6.07, 6.45) is 8.45. The van der Waals surface area contributed by atoms with Crippen molar-refractivity contribution in [1.82, 2.24) is 4.98 Å². The van der Waals surface area contributed by atoms with E-state index in [0.717, 1.165) is 6.42 Å². The van der Waals surface area contributed by atoms with Gasteiger partial charge in [-0.15, -0.1) is 0 Å². The zero-order valence-electron chi connectivity index (χ0n) is 10.2. The Bertz CT molecular complexity index is 356. The molecule has 1 saturated carbocycles. The molecule has 2 heteroatoms.